The Balaban J connectivity index is 3.03. The highest BCUT2D eigenvalue weighted by Crippen LogP contribution is 1.96. The molecule has 7 heavy (non-hydrogen) atoms. The van der Waals surface area contributed by atoms with Gasteiger partial charge in [-0.25, -0.2) is 0 Å². The molecule has 0 rings (SSSR count). The van der Waals surface area contributed by atoms with E-state index in [0.717, 1.165) is 0 Å². The van der Waals surface area contributed by atoms with E-state index in [4.69, 9.17) is 22.0 Å². The fourth-order valence-corrected chi connectivity index (χ4v) is 0.233. The molecular formula is C4H6ClNO. The second-order valence-electron chi connectivity index (χ2n) is 1.14. The van der Waals surface area contributed by atoms with Crippen molar-refractivity contribution in [2.24, 2.45) is 0 Å². The molecule has 1 atom stereocenters. The van der Waals surface area contributed by atoms with Crippen molar-refractivity contribution < 1.29 is 5.11 Å². The lowest BCUT2D eigenvalue weighted by molar-refractivity contribution is 0.293. The number of hydrogen-bond acceptors (Lipinski definition) is 2. The molecule has 2 nitrogen and oxygen atoms in total. The Morgan fingerprint density at radius 1 is 1.86 bits per heavy atom. The van der Waals surface area contributed by atoms with Crippen LogP contribution in [0.15, 0.2) is 0 Å². The summed E-state index contributed by atoms with van der Waals surface area (Å²) in [6, 6.07) is 1.83. The monoisotopic (exact) mass is 119 g/mol. The van der Waals surface area contributed by atoms with E-state index in [1.165, 1.54) is 0 Å². The summed E-state index contributed by atoms with van der Waals surface area (Å²) in [4.78, 5) is 0. The summed E-state index contributed by atoms with van der Waals surface area (Å²) in [6.45, 7) is -0.116. The second kappa shape index (κ2) is 3.91. The first-order chi connectivity index (χ1) is 3.31. The molecule has 0 heterocycles. The molecule has 0 radical (unpaired) electrons. The van der Waals surface area contributed by atoms with Gasteiger partial charge in [-0.15, -0.1) is 11.6 Å². The zero-order valence-corrected chi connectivity index (χ0v) is 4.52. The van der Waals surface area contributed by atoms with Crippen LogP contribution in [0.1, 0.15) is 6.42 Å². The zero-order chi connectivity index (χ0) is 5.70. The number of hydrogen-bond donors (Lipinski definition) is 1. The van der Waals surface area contributed by atoms with Crippen LogP contribution in [-0.4, -0.2) is 17.1 Å². The van der Waals surface area contributed by atoms with Crippen molar-refractivity contribution in [3.8, 4) is 6.07 Å². The summed E-state index contributed by atoms with van der Waals surface area (Å²) in [6.07, 6.45) is 0.220. The molecule has 0 fully saturated rings. The molecular weight excluding hydrogens is 114 g/mol. The first-order valence-electron chi connectivity index (χ1n) is 1.93. The summed E-state index contributed by atoms with van der Waals surface area (Å²) in [5.41, 5.74) is 0. The maximum atomic E-state index is 8.18. The SMILES string of the molecule is N#CC[C@H](Cl)CO. The van der Waals surface area contributed by atoms with Gasteiger partial charge in [0.2, 0.25) is 0 Å². The van der Waals surface area contributed by atoms with E-state index in [0.29, 0.717) is 0 Å². The van der Waals surface area contributed by atoms with Crippen LogP contribution in [-0.2, 0) is 0 Å². The van der Waals surface area contributed by atoms with E-state index in [-0.39, 0.29) is 18.4 Å². The molecule has 0 aliphatic heterocycles. The number of nitriles is 1. The van der Waals surface area contributed by atoms with Crippen LogP contribution < -0.4 is 0 Å². The number of halogens is 1. The second-order valence-corrected chi connectivity index (χ2v) is 1.76. The summed E-state index contributed by atoms with van der Waals surface area (Å²) in [5, 5.41) is 15.7. The molecule has 0 bridgehead atoms. The van der Waals surface area contributed by atoms with Crippen molar-refractivity contribution in [2.75, 3.05) is 6.61 Å². The molecule has 0 amide bonds. The van der Waals surface area contributed by atoms with Crippen LogP contribution in [0.3, 0.4) is 0 Å². The highest BCUT2D eigenvalue weighted by atomic mass is 35.5. The van der Waals surface area contributed by atoms with Crippen molar-refractivity contribution >= 4 is 11.6 Å². The molecule has 1 N–H and O–H groups in total. The first-order valence-corrected chi connectivity index (χ1v) is 2.36. The summed E-state index contributed by atoms with van der Waals surface area (Å²) in [7, 11) is 0. The van der Waals surface area contributed by atoms with Gasteiger partial charge in [0.15, 0.2) is 0 Å². The van der Waals surface area contributed by atoms with Crippen LogP contribution in [0.4, 0.5) is 0 Å². The van der Waals surface area contributed by atoms with Gasteiger partial charge in [-0.2, -0.15) is 5.26 Å². The average Bonchev–Trinajstić information content (AvgIpc) is 1.68. The molecule has 0 saturated carbocycles. The van der Waals surface area contributed by atoms with E-state index in [1.807, 2.05) is 6.07 Å². The molecule has 0 aromatic heterocycles. The van der Waals surface area contributed by atoms with E-state index >= 15 is 0 Å². The number of nitrogens with zero attached hydrogens (tertiary/aromatic N) is 1. The molecule has 40 valence electrons. The Morgan fingerprint density at radius 2 is 2.43 bits per heavy atom. The number of alkyl halides is 1. The smallest absolute Gasteiger partial charge is 0.0696 e. The Kier molecular flexibility index (Phi) is 3.77. The van der Waals surface area contributed by atoms with Gasteiger partial charge >= 0.3 is 0 Å². The maximum Gasteiger partial charge on any atom is 0.0696 e. The van der Waals surface area contributed by atoms with E-state index in [9.17, 15) is 0 Å². The molecule has 0 aliphatic rings. The van der Waals surface area contributed by atoms with Gasteiger partial charge in [0.25, 0.3) is 0 Å². The largest absolute Gasteiger partial charge is 0.395 e. The van der Waals surface area contributed by atoms with Gasteiger partial charge in [0.1, 0.15) is 0 Å². The average molecular weight is 120 g/mol. The minimum absolute atomic E-state index is 0.116. The minimum Gasteiger partial charge on any atom is -0.395 e. The fourth-order valence-electron chi connectivity index (χ4n) is 0.164. The van der Waals surface area contributed by atoms with E-state index in [2.05, 4.69) is 0 Å². The lowest BCUT2D eigenvalue weighted by atomic mass is 10.3. The van der Waals surface area contributed by atoms with Gasteiger partial charge in [-0.05, 0) is 0 Å². The summed E-state index contributed by atoms with van der Waals surface area (Å²) >= 11 is 5.29. The van der Waals surface area contributed by atoms with Gasteiger partial charge < -0.3 is 5.11 Å². The number of rotatable bonds is 2. The van der Waals surface area contributed by atoms with Crippen LogP contribution >= 0.6 is 11.6 Å². The van der Waals surface area contributed by atoms with Crippen LogP contribution in [0.5, 0.6) is 0 Å². The highest BCUT2D eigenvalue weighted by molar-refractivity contribution is 6.20. The Hall–Kier alpha value is -0.260. The first kappa shape index (κ1) is 6.74. The minimum atomic E-state index is -0.384. The predicted molar refractivity (Wildman–Crippen MR) is 27.0 cm³/mol. The van der Waals surface area contributed by atoms with Crippen LogP contribution in [0.2, 0.25) is 0 Å². The Bertz CT molecular complexity index is 78.2. The molecule has 0 aromatic carbocycles. The zero-order valence-electron chi connectivity index (χ0n) is 3.76. The van der Waals surface area contributed by atoms with Crippen molar-refractivity contribution in [1.82, 2.24) is 0 Å². The molecule has 0 aliphatic carbocycles. The summed E-state index contributed by atoms with van der Waals surface area (Å²) in [5.74, 6) is 0. The number of aliphatic hydroxyl groups excluding tert-OH is 1. The Labute approximate surface area is 47.3 Å². The van der Waals surface area contributed by atoms with Crippen molar-refractivity contribution in [2.45, 2.75) is 11.8 Å². The topological polar surface area (TPSA) is 44.0 Å². The third-order valence-corrected chi connectivity index (χ3v) is 0.803. The lowest BCUT2D eigenvalue weighted by Gasteiger charge is -1.93. The lowest BCUT2D eigenvalue weighted by Crippen LogP contribution is -2.01. The van der Waals surface area contributed by atoms with Gasteiger partial charge in [0, 0.05) is 0 Å². The van der Waals surface area contributed by atoms with E-state index < -0.39 is 0 Å². The molecule has 0 aromatic rings. The quantitative estimate of drug-likeness (QED) is 0.538. The number of aliphatic hydroxyl groups is 1. The maximum absolute atomic E-state index is 8.18. The highest BCUT2D eigenvalue weighted by Gasteiger charge is 1.97. The Morgan fingerprint density at radius 3 is 2.57 bits per heavy atom. The third-order valence-electron chi connectivity index (χ3n) is 0.511. The van der Waals surface area contributed by atoms with Crippen LogP contribution in [0, 0.1) is 11.3 Å². The predicted octanol–water partition coefficient (Wildman–Crippen LogP) is 0.500. The van der Waals surface area contributed by atoms with Gasteiger partial charge in [-0.3, -0.25) is 0 Å². The van der Waals surface area contributed by atoms with Crippen LogP contribution in [0.25, 0.3) is 0 Å². The van der Waals surface area contributed by atoms with Gasteiger partial charge in [-0.1, -0.05) is 0 Å². The van der Waals surface area contributed by atoms with Crippen molar-refractivity contribution in [3.63, 3.8) is 0 Å². The molecule has 3 heteroatoms. The van der Waals surface area contributed by atoms with Gasteiger partial charge in [0.05, 0.1) is 24.5 Å². The normalized spacial score (nSPS) is 12.7. The van der Waals surface area contributed by atoms with Crippen molar-refractivity contribution in [1.29, 1.82) is 5.26 Å². The van der Waals surface area contributed by atoms with E-state index in [1.54, 1.807) is 0 Å². The third kappa shape index (κ3) is 3.57. The fraction of sp³-hybridized carbons (Fsp3) is 0.750. The standard InChI is InChI=1S/C4H6ClNO/c5-4(3-7)1-2-6/h4,7H,1,3H2/t4-/m0/s1. The summed E-state index contributed by atoms with van der Waals surface area (Å²) < 4.78 is 0. The van der Waals surface area contributed by atoms with Crippen molar-refractivity contribution in [3.05, 3.63) is 0 Å². The molecule has 0 saturated heterocycles. The molecule has 0 unspecified atom stereocenters. The molecule has 0 spiro atoms.